The molecule has 0 bridgehead atoms. The molecule has 2 heterocycles. The highest BCUT2D eigenvalue weighted by molar-refractivity contribution is 6.30. The van der Waals surface area contributed by atoms with Crippen LogP contribution in [-0.4, -0.2) is 47.9 Å². The number of nitrogens with one attached hydrogen (secondary N) is 1. The van der Waals surface area contributed by atoms with Crippen molar-refractivity contribution in [1.82, 2.24) is 15.5 Å². The molecule has 4 rings (SSSR count). The molecule has 1 aliphatic carbocycles. The molecular formula is C20H20ClF4N3O5. The fourth-order valence-electron chi connectivity index (χ4n) is 3.62. The highest BCUT2D eigenvalue weighted by Crippen LogP contribution is 2.48. The lowest BCUT2D eigenvalue weighted by Gasteiger charge is -2.38. The minimum absolute atomic E-state index is 0.0810. The molecule has 13 heteroatoms. The molecule has 1 aromatic carbocycles. The Morgan fingerprint density at radius 1 is 1.24 bits per heavy atom. The number of aromatic nitrogens is 2. The first kappa shape index (κ1) is 23.7. The third-order valence-corrected chi connectivity index (χ3v) is 5.71. The van der Waals surface area contributed by atoms with Crippen LogP contribution in [0.15, 0.2) is 28.7 Å². The summed E-state index contributed by atoms with van der Waals surface area (Å²) in [5.41, 5.74) is -1.71. The molecule has 2 aliphatic rings. The van der Waals surface area contributed by atoms with Crippen LogP contribution in [0, 0.1) is 0 Å². The molecule has 8 nitrogen and oxygen atoms in total. The summed E-state index contributed by atoms with van der Waals surface area (Å²) in [6, 6.07) is 5.46. The second-order valence-corrected chi connectivity index (χ2v) is 8.27. The van der Waals surface area contributed by atoms with E-state index in [1.165, 1.54) is 0 Å². The first-order chi connectivity index (χ1) is 15.6. The van der Waals surface area contributed by atoms with Gasteiger partial charge in [0, 0.05) is 11.4 Å². The second kappa shape index (κ2) is 9.43. The van der Waals surface area contributed by atoms with Crippen molar-refractivity contribution in [2.45, 2.75) is 56.0 Å². The molecule has 0 spiro atoms. The standard InChI is InChI=1S/C20H20ClF4N3O5/c21-11-2-4-12(5-3-11)30-10-16(29)26-14-9-31-15(8-13(14)22)17-27-28-18(32-17)19(6-1-7-19)33-20(23,24)25/h2-5,13-15H,1,6-10H2,(H,26,29)/t13-,14-,15-/m0/s1. The number of benzene rings is 1. The largest absolute Gasteiger partial charge is 0.523 e. The summed E-state index contributed by atoms with van der Waals surface area (Å²) in [6.45, 7) is -0.525. The molecule has 0 radical (unpaired) electrons. The van der Waals surface area contributed by atoms with Crippen molar-refractivity contribution in [2.24, 2.45) is 0 Å². The highest BCUT2D eigenvalue weighted by atomic mass is 35.5. The van der Waals surface area contributed by atoms with Crippen LogP contribution in [0.3, 0.4) is 0 Å². The van der Waals surface area contributed by atoms with Gasteiger partial charge in [0.2, 0.25) is 11.8 Å². The van der Waals surface area contributed by atoms with Gasteiger partial charge in [0.25, 0.3) is 5.91 Å². The maximum Gasteiger partial charge on any atom is 0.523 e. The van der Waals surface area contributed by atoms with E-state index in [-0.39, 0.29) is 44.3 Å². The zero-order valence-corrected chi connectivity index (χ0v) is 17.9. The Labute approximate surface area is 190 Å². The van der Waals surface area contributed by atoms with Crippen molar-refractivity contribution in [1.29, 1.82) is 0 Å². The fraction of sp³-hybridized carbons (Fsp3) is 0.550. The number of carbonyl (C=O) groups is 1. The van der Waals surface area contributed by atoms with Crippen molar-refractivity contribution in [3.63, 3.8) is 0 Å². The van der Waals surface area contributed by atoms with Crippen molar-refractivity contribution < 1.29 is 41.0 Å². The third kappa shape index (κ3) is 5.74. The molecule has 33 heavy (non-hydrogen) atoms. The lowest BCUT2D eigenvalue weighted by molar-refractivity contribution is -0.387. The van der Waals surface area contributed by atoms with E-state index >= 15 is 0 Å². The predicted octanol–water partition coefficient (Wildman–Crippen LogP) is 4.00. The Morgan fingerprint density at radius 2 is 1.97 bits per heavy atom. The van der Waals surface area contributed by atoms with Gasteiger partial charge in [-0.2, -0.15) is 0 Å². The molecular weight excluding hydrogens is 474 g/mol. The SMILES string of the molecule is O=C(COc1ccc(Cl)cc1)N[C@H]1CO[C@H](c2nnc(C3(OC(F)(F)F)CCC3)o2)C[C@@H]1F. The summed E-state index contributed by atoms with van der Waals surface area (Å²) in [5, 5.41) is 10.4. The summed E-state index contributed by atoms with van der Waals surface area (Å²) in [6.07, 6.45) is -6.87. The van der Waals surface area contributed by atoms with Crippen LogP contribution in [0.1, 0.15) is 43.6 Å². The maximum absolute atomic E-state index is 14.7. The molecule has 1 aliphatic heterocycles. The molecule has 3 atom stereocenters. The third-order valence-electron chi connectivity index (χ3n) is 5.46. The fourth-order valence-corrected chi connectivity index (χ4v) is 3.75. The molecule has 180 valence electrons. The summed E-state index contributed by atoms with van der Waals surface area (Å²) in [4.78, 5) is 12.1. The van der Waals surface area contributed by atoms with Crippen molar-refractivity contribution in [2.75, 3.05) is 13.2 Å². The first-order valence-corrected chi connectivity index (χ1v) is 10.6. The quantitative estimate of drug-likeness (QED) is 0.582. The van der Waals surface area contributed by atoms with E-state index < -0.39 is 36.2 Å². The Bertz CT molecular complexity index is 967. The number of hydrogen-bond acceptors (Lipinski definition) is 7. The van der Waals surface area contributed by atoms with Gasteiger partial charge in [-0.05, 0) is 43.5 Å². The van der Waals surface area contributed by atoms with Crippen LogP contribution in [0.2, 0.25) is 5.02 Å². The van der Waals surface area contributed by atoms with Crippen molar-refractivity contribution in [3.05, 3.63) is 41.1 Å². The van der Waals surface area contributed by atoms with Gasteiger partial charge in [0.15, 0.2) is 12.2 Å². The minimum atomic E-state index is -4.86. The van der Waals surface area contributed by atoms with Crippen LogP contribution in [0.5, 0.6) is 5.75 Å². The number of rotatable bonds is 7. The average Bonchev–Trinajstić information content (AvgIpc) is 3.21. The van der Waals surface area contributed by atoms with Gasteiger partial charge in [-0.25, -0.2) is 4.39 Å². The van der Waals surface area contributed by atoms with Gasteiger partial charge in [-0.1, -0.05) is 11.6 Å². The van der Waals surface area contributed by atoms with E-state index in [1.807, 2.05) is 0 Å². The number of ether oxygens (including phenoxy) is 3. The molecule has 0 unspecified atom stereocenters. The van der Waals surface area contributed by atoms with E-state index in [1.54, 1.807) is 24.3 Å². The topological polar surface area (TPSA) is 95.7 Å². The van der Waals surface area contributed by atoms with Gasteiger partial charge in [-0.15, -0.1) is 23.4 Å². The van der Waals surface area contributed by atoms with Crippen LogP contribution in [-0.2, 0) is 19.9 Å². The van der Waals surface area contributed by atoms with E-state index in [9.17, 15) is 22.4 Å². The smallest absolute Gasteiger partial charge is 0.484 e. The zero-order chi connectivity index (χ0) is 23.6. The van der Waals surface area contributed by atoms with Crippen LogP contribution in [0.25, 0.3) is 0 Å². The zero-order valence-electron chi connectivity index (χ0n) is 17.1. The Hall–Kier alpha value is -2.44. The number of alkyl halides is 4. The molecule has 1 N–H and O–H groups in total. The summed E-state index contributed by atoms with van der Waals surface area (Å²) < 4.78 is 73.4. The number of hydrogen-bond donors (Lipinski definition) is 1. The Balaban J connectivity index is 1.29. The van der Waals surface area contributed by atoms with Gasteiger partial charge >= 0.3 is 6.36 Å². The van der Waals surface area contributed by atoms with Gasteiger partial charge < -0.3 is 19.2 Å². The number of carbonyl (C=O) groups excluding carboxylic acids is 1. The second-order valence-electron chi connectivity index (χ2n) is 7.83. The predicted molar refractivity (Wildman–Crippen MR) is 104 cm³/mol. The minimum Gasteiger partial charge on any atom is -0.484 e. The van der Waals surface area contributed by atoms with Gasteiger partial charge in [-0.3, -0.25) is 9.53 Å². The van der Waals surface area contributed by atoms with Crippen molar-refractivity contribution >= 4 is 17.5 Å². The van der Waals surface area contributed by atoms with Gasteiger partial charge in [0.05, 0.1) is 12.6 Å². The van der Waals surface area contributed by atoms with Crippen LogP contribution < -0.4 is 10.1 Å². The molecule has 1 aromatic heterocycles. The molecule has 1 amide bonds. The summed E-state index contributed by atoms with van der Waals surface area (Å²) >= 11 is 5.78. The summed E-state index contributed by atoms with van der Waals surface area (Å²) in [7, 11) is 0. The van der Waals surface area contributed by atoms with E-state index in [2.05, 4.69) is 20.3 Å². The van der Waals surface area contributed by atoms with E-state index in [0.717, 1.165) is 0 Å². The summed E-state index contributed by atoms with van der Waals surface area (Å²) in [5.74, 6) is -0.566. The molecule has 2 fully saturated rings. The molecule has 1 saturated heterocycles. The van der Waals surface area contributed by atoms with Crippen LogP contribution >= 0.6 is 11.6 Å². The monoisotopic (exact) mass is 493 g/mol. The van der Waals surface area contributed by atoms with Crippen LogP contribution in [0.4, 0.5) is 17.6 Å². The lowest BCUT2D eigenvalue weighted by Crippen LogP contribution is -2.49. The first-order valence-electron chi connectivity index (χ1n) is 10.2. The lowest BCUT2D eigenvalue weighted by atomic mass is 9.80. The normalized spacial score (nSPS) is 24.7. The Morgan fingerprint density at radius 3 is 2.58 bits per heavy atom. The van der Waals surface area contributed by atoms with E-state index in [0.29, 0.717) is 17.2 Å². The number of nitrogens with zero attached hydrogens (tertiary/aromatic N) is 2. The highest BCUT2D eigenvalue weighted by Gasteiger charge is 2.53. The number of halogens is 5. The average molecular weight is 494 g/mol. The van der Waals surface area contributed by atoms with Crippen molar-refractivity contribution in [3.8, 4) is 5.75 Å². The molecule has 1 saturated carbocycles. The Kier molecular flexibility index (Phi) is 6.78. The number of amides is 1. The van der Waals surface area contributed by atoms with Gasteiger partial charge in [0.1, 0.15) is 18.0 Å². The maximum atomic E-state index is 14.7. The van der Waals surface area contributed by atoms with E-state index in [4.69, 9.17) is 25.5 Å². The molecule has 2 aromatic rings.